The van der Waals surface area contributed by atoms with Gasteiger partial charge in [0.1, 0.15) is 11.6 Å². The molecule has 1 aromatic rings. The molecule has 1 N–H and O–H groups in total. The van der Waals surface area contributed by atoms with Crippen molar-refractivity contribution in [1.29, 1.82) is 0 Å². The zero-order valence-corrected chi connectivity index (χ0v) is 9.33. The van der Waals surface area contributed by atoms with E-state index in [1.165, 1.54) is 0 Å². The van der Waals surface area contributed by atoms with Crippen LogP contribution in [0.4, 0.5) is 5.82 Å². The van der Waals surface area contributed by atoms with E-state index in [0.29, 0.717) is 0 Å². The van der Waals surface area contributed by atoms with Gasteiger partial charge in [-0.1, -0.05) is 6.92 Å². The summed E-state index contributed by atoms with van der Waals surface area (Å²) in [7, 11) is 5.91. The first-order valence-electron chi connectivity index (χ1n) is 4.85. The third-order valence-electron chi connectivity index (χ3n) is 1.90. The first kappa shape index (κ1) is 10.9. The summed E-state index contributed by atoms with van der Waals surface area (Å²) in [5, 5.41) is 3.05. The van der Waals surface area contributed by atoms with Crippen molar-refractivity contribution in [3.63, 3.8) is 0 Å². The molecule has 0 atom stereocenters. The number of rotatable bonds is 4. The molecule has 1 aromatic heterocycles. The highest BCUT2D eigenvalue weighted by atomic mass is 15.1. The van der Waals surface area contributed by atoms with Gasteiger partial charge in [-0.25, -0.2) is 9.97 Å². The first-order valence-corrected chi connectivity index (χ1v) is 4.85. The molecule has 0 unspecified atom stereocenters. The largest absolute Gasteiger partial charge is 0.373 e. The Bertz CT molecular complexity index is 274. The van der Waals surface area contributed by atoms with Gasteiger partial charge in [-0.15, -0.1) is 0 Å². The maximum Gasteiger partial charge on any atom is 0.144 e. The van der Waals surface area contributed by atoms with Gasteiger partial charge in [0.25, 0.3) is 0 Å². The fraction of sp³-hybridized carbons (Fsp3) is 0.600. The maximum atomic E-state index is 4.45. The highest BCUT2D eigenvalue weighted by molar-refractivity contribution is 5.35. The minimum atomic E-state index is 0.780. The molecule has 0 radical (unpaired) electrons. The number of hydrogen-bond donors (Lipinski definition) is 1. The van der Waals surface area contributed by atoms with Crippen molar-refractivity contribution in [1.82, 2.24) is 14.9 Å². The molecule has 1 heterocycles. The summed E-state index contributed by atoms with van der Waals surface area (Å²) in [6, 6.07) is 1.99. The summed E-state index contributed by atoms with van der Waals surface area (Å²) in [6.45, 7) is 2.88. The van der Waals surface area contributed by atoms with Gasteiger partial charge in [0.2, 0.25) is 0 Å². The summed E-state index contributed by atoms with van der Waals surface area (Å²) in [4.78, 5) is 10.9. The van der Waals surface area contributed by atoms with Crippen molar-refractivity contribution in [3.05, 3.63) is 17.6 Å². The summed E-state index contributed by atoms with van der Waals surface area (Å²) in [5.41, 5.74) is 1.08. The smallest absolute Gasteiger partial charge is 0.144 e. The summed E-state index contributed by atoms with van der Waals surface area (Å²) >= 11 is 0. The molecule has 0 aliphatic carbocycles. The topological polar surface area (TPSA) is 41.1 Å². The van der Waals surface area contributed by atoms with Crippen LogP contribution in [0.1, 0.15) is 18.4 Å². The Balaban J connectivity index is 2.92. The van der Waals surface area contributed by atoms with Crippen LogP contribution in [-0.4, -0.2) is 36.0 Å². The molecule has 14 heavy (non-hydrogen) atoms. The average Bonchev–Trinajstić information content (AvgIpc) is 2.16. The minimum absolute atomic E-state index is 0.780. The van der Waals surface area contributed by atoms with Crippen LogP contribution in [0.5, 0.6) is 0 Å². The second-order valence-corrected chi connectivity index (χ2v) is 3.50. The Kier molecular flexibility index (Phi) is 3.83. The fourth-order valence-electron chi connectivity index (χ4n) is 1.21. The van der Waals surface area contributed by atoms with Crippen LogP contribution in [-0.2, 0) is 13.0 Å². The lowest BCUT2D eigenvalue weighted by Gasteiger charge is -2.10. The Morgan fingerprint density at radius 3 is 2.57 bits per heavy atom. The van der Waals surface area contributed by atoms with Gasteiger partial charge in [-0.3, -0.25) is 0 Å². The third kappa shape index (κ3) is 2.96. The van der Waals surface area contributed by atoms with E-state index in [-0.39, 0.29) is 0 Å². The van der Waals surface area contributed by atoms with Crippen molar-refractivity contribution in [2.45, 2.75) is 19.9 Å². The molecule has 4 heteroatoms. The lowest BCUT2D eigenvalue weighted by molar-refractivity contribution is 0.390. The maximum absolute atomic E-state index is 4.45. The van der Waals surface area contributed by atoms with Gasteiger partial charge >= 0.3 is 0 Å². The van der Waals surface area contributed by atoms with Crippen molar-refractivity contribution < 1.29 is 0 Å². The highest BCUT2D eigenvalue weighted by Crippen LogP contribution is 2.07. The molecular weight excluding hydrogens is 176 g/mol. The molecule has 0 fully saturated rings. The van der Waals surface area contributed by atoms with Crippen LogP contribution in [0.2, 0.25) is 0 Å². The first-order chi connectivity index (χ1) is 6.65. The number of anilines is 1. The molecule has 0 saturated heterocycles. The van der Waals surface area contributed by atoms with Crippen LogP contribution in [0.25, 0.3) is 0 Å². The SMILES string of the molecule is CCc1cc(NC)nc(CN(C)C)n1. The molecule has 0 bridgehead atoms. The molecular formula is C10H18N4. The molecule has 4 nitrogen and oxygen atoms in total. The molecule has 1 rings (SSSR count). The number of nitrogens with one attached hydrogen (secondary N) is 1. The molecule has 0 aromatic carbocycles. The minimum Gasteiger partial charge on any atom is -0.373 e. The highest BCUT2D eigenvalue weighted by Gasteiger charge is 2.03. The second-order valence-electron chi connectivity index (χ2n) is 3.50. The van der Waals surface area contributed by atoms with Crippen molar-refractivity contribution in [3.8, 4) is 0 Å². The predicted octanol–water partition coefficient (Wildman–Crippen LogP) is 1.14. The van der Waals surface area contributed by atoms with E-state index in [4.69, 9.17) is 0 Å². The van der Waals surface area contributed by atoms with Gasteiger partial charge in [-0.2, -0.15) is 0 Å². The van der Waals surface area contributed by atoms with Gasteiger partial charge in [-0.05, 0) is 20.5 Å². The Labute approximate surface area is 85.4 Å². The zero-order valence-electron chi connectivity index (χ0n) is 9.33. The lowest BCUT2D eigenvalue weighted by Crippen LogP contribution is -2.14. The van der Waals surface area contributed by atoms with Crippen molar-refractivity contribution in [2.24, 2.45) is 0 Å². The van der Waals surface area contributed by atoms with Crippen LogP contribution >= 0.6 is 0 Å². The summed E-state index contributed by atoms with van der Waals surface area (Å²) < 4.78 is 0. The van der Waals surface area contributed by atoms with E-state index >= 15 is 0 Å². The van der Waals surface area contributed by atoms with Crippen LogP contribution < -0.4 is 5.32 Å². The van der Waals surface area contributed by atoms with Gasteiger partial charge in [0.05, 0.1) is 6.54 Å². The quantitative estimate of drug-likeness (QED) is 0.780. The predicted molar refractivity (Wildman–Crippen MR) is 58.3 cm³/mol. The number of aryl methyl sites for hydroxylation is 1. The monoisotopic (exact) mass is 194 g/mol. The van der Waals surface area contributed by atoms with Crippen molar-refractivity contribution in [2.75, 3.05) is 26.5 Å². The second kappa shape index (κ2) is 4.91. The molecule has 0 aliphatic heterocycles. The summed E-state index contributed by atoms with van der Waals surface area (Å²) in [6.07, 6.45) is 0.942. The number of nitrogens with zero attached hydrogens (tertiary/aromatic N) is 3. The van der Waals surface area contributed by atoms with Gasteiger partial charge < -0.3 is 10.2 Å². The standard InChI is InChI=1S/C10H18N4/c1-5-8-6-9(11-2)13-10(12-8)7-14(3)4/h6H,5,7H2,1-4H3,(H,11,12,13). The molecule has 0 spiro atoms. The molecule has 0 saturated carbocycles. The number of hydrogen-bond acceptors (Lipinski definition) is 4. The zero-order chi connectivity index (χ0) is 10.6. The molecule has 0 aliphatic rings. The number of aromatic nitrogens is 2. The Morgan fingerprint density at radius 1 is 1.36 bits per heavy atom. The molecule has 0 amide bonds. The van der Waals surface area contributed by atoms with Gasteiger partial charge in [0.15, 0.2) is 0 Å². The lowest BCUT2D eigenvalue weighted by atomic mass is 10.3. The van der Waals surface area contributed by atoms with E-state index in [1.54, 1.807) is 0 Å². The third-order valence-corrected chi connectivity index (χ3v) is 1.90. The average molecular weight is 194 g/mol. The van der Waals surface area contributed by atoms with Crippen LogP contribution in [0.3, 0.4) is 0 Å². The van der Waals surface area contributed by atoms with E-state index in [0.717, 1.165) is 30.3 Å². The summed E-state index contributed by atoms with van der Waals surface area (Å²) in [5.74, 6) is 1.77. The van der Waals surface area contributed by atoms with E-state index in [9.17, 15) is 0 Å². The van der Waals surface area contributed by atoms with Crippen LogP contribution in [0.15, 0.2) is 6.07 Å². The van der Waals surface area contributed by atoms with Gasteiger partial charge in [0, 0.05) is 18.8 Å². The van der Waals surface area contributed by atoms with Crippen LogP contribution in [0, 0.1) is 0 Å². The van der Waals surface area contributed by atoms with E-state index in [2.05, 4.69) is 27.1 Å². The van der Waals surface area contributed by atoms with E-state index < -0.39 is 0 Å². The molecule has 78 valence electrons. The Morgan fingerprint density at radius 2 is 2.07 bits per heavy atom. The van der Waals surface area contributed by atoms with E-state index in [1.807, 2.05) is 27.2 Å². The Hall–Kier alpha value is -1.16. The fourth-order valence-corrected chi connectivity index (χ4v) is 1.21. The van der Waals surface area contributed by atoms with Crippen molar-refractivity contribution >= 4 is 5.82 Å². The normalized spacial score (nSPS) is 10.6.